The zero-order chi connectivity index (χ0) is 18.1. The van der Waals surface area contributed by atoms with Gasteiger partial charge in [0.15, 0.2) is 5.82 Å². The van der Waals surface area contributed by atoms with Crippen molar-refractivity contribution in [3.63, 3.8) is 0 Å². The number of H-pyrrole nitrogens is 1. The van der Waals surface area contributed by atoms with Crippen molar-refractivity contribution in [3.8, 4) is 22.8 Å². The highest BCUT2D eigenvalue weighted by Crippen LogP contribution is 2.26. The molecule has 1 aliphatic rings. The summed E-state index contributed by atoms with van der Waals surface area (Å²) in [5.41, 5.74) is 4.90. The van der Waals surface area contributed by atoms with Crippen LogP contribution in [0.1, 0.15) is 29.8 Å². The SMILES string of the molecule is Cc1ccc(-c2cc(-c3nc(CC(=O)N4CCCC4)no3)[nH]n2)c(C)c1. The summed E-state index contributed by atoms with van der Waals surface area (Å²) in [4.78, 5) is 18.4. The molecule has 4 rings (SSSR count). The molecule has 26 heavy (non-hydrogen) atoms. The van der Waals surface area contributed by atoms with Gasteiger partial charge in [0.25, 0.3) is 5.89 Å². The lowest BCUT2D eigenvalue weighted by Crippen LogP contribution is -2.29. The molecule has 0 spiro atoms. The van der Waals surface area contributed by atoms with E-state index in [1.54, 1.807) is 0 Å². The largest absolute Gasteiger partial charge is 0.342 e. The van der Waals surface area contributed by atoms with Crippen LogP contribution in [0.2, 0.25) is 0 Å². The molecular formula is C19H21N5O2. The van der Waals surface area contributed by atoms with E-state index in [0.717, 1.165) is 42.8 Å². The first-order valence-electron chi connectivity index (χ1n) is 8.84. The highest BCUT2D eigenvalue weighted by Gasteiger charge is 2.21. The van der Waals surface area contributed by atoms with Gasteiger partial charge in [0, 0.05) is 18.7 Å². The highest BCUT2D eigenvalue weighted by atomic mass is 16.5. The number of carbonyl (C=O) groups is 1. The normalized spacial score (nSPS) is 14.2. The minimum absolute atomic E-state index is 0.0513. The lowest BCUT2D eigenvalue weighted by Gasteiger charge is -2.13. The molecular weight excluding hydrogens is 330 g/mol. The fourth-order valence-electron chi connectivity index (χ4n) is 3.32. The van der Waals surface area contributed by atoms with Crippen LogP contribution in [0.4, 0.5) is 0 Å². The first-order chi connectivity index (χ1) is 12.6. The van der Waals surface area contributed by atoms with Gasteiger partial charge in [-0.25, -0.2) is 0 Å². The molecule has 7 heteroatoms. The van der Waals surface area contributed by atoms with Gasteiger partial charge in [0.1, 0.15) is 5.69 Å². The number of benzene rings is 1. The summed E-state index contributed by atoms with van der Waals surface area (Å²) in [5, 5.41) is 11.2. The molecule has 0 saturated carbocycles. The van der Waals surface area contributed by atoms with Crippen LogP contribution >= 0.6 is 0 Å². The van der Waals surface area contributed by atoms with E-state index in [0.29, 0.717) is 17.4 Å². The van der Waals surface area contributed by atoms with Gasteiger partial charge in [0.05, 0.1) is 12.1 Å². The molecule has 1 aromatic carbocycles. The summed E-state index contributed by atoms with van der Waals surface area (Å²) in [6.45, 7) is 5.77. The number of nitrogens with zero attached hydrogens (tertiary/aromatic N) is 4. The topological polar surface area (TPSA) is 87.9 Å². The van der Waals surface area contributed by atoms with E-state index in [-0.39, 0.29) is 12.3 Å². The van der Waals surface area contributed by atoms with E-state index < -0.39 is 0 Å². The van der Waals surface area contributed by atoms with Gasteiger partial charge in [-0.05, 0) is 38.3 Å². The molecule has 0 bridgehead atoms. The van der Waals surface area contributed by atoms with Crippen molar-refractivity contribution in [1.29, 1.82) is 0 Å². The van der Waals surface area contributed by atoms with E-state index in [9.17, 15) is 4.79 Å². The molecule has 0 atom stereocenters. The summed E-state index contributed by atoms with van der Waals surface area (Å²) in [6, 6.07) is 8.12. The highest BCUT2D eigenvalue weighted by molar-refractivity contribution is 5.78. The first kappa shape index (κ1) is 16.5. The van der Waals surface area contributed by atoms with Gasteiger partial charge in [-0.2, -0.15) is 10.1 Å². The van der Waals surface area contributed by atoms with E-state index in [1.807, 2.05) is 11.0 Å². The molecule has 7 nitrogen and oxygen atoms in total. The standard InChI is InChI=1S/C19H21N5O2/c1-12-5-6-14(13(2)9-12)15-10-16(22-21-15)19-20-17(23-26-19)11-18(25)24-7-3-4-8-24/h5-6,9-10H,3-4,7-8,11H2,1-2H3,(H,21,22). The molecule has 1 N–H and O–H groups in total. The number of aryl methyl sites for hydroxylation is 2. The van der Waals surface area contributed by atoms with Crippen molar-refractivity contribution in [1.82, 2.24) is 25.2 Å². The summed E-state index contributed by atoms with van der Waals surface area (Å²) in [5.74, 6) is 0.799. The number of nitrogens with one attached hydrogen (secondary N) is 1. The molecule has 1 fully saturated rings. The van der Waals surface area contributed by atoms with E-state index in [4.69, 9.17) is 4.52 Å². The van der Waals surface area contributed by atoms with Crippen molar-refractivity contribution in [3.05, 3.63) is 41.2 Å². The quantitative estimate of drug-likeness (QED) is 0.781. The Morgan fingerprint density at radius 3 is 2.81 bits per heavy atom. The van der Waals surface area contributed by atoms with Crippen molar-refractivity contribution >= 4 is 5.91 Å². The molecule has 2 aromatic heterocycles. The molecule has 0 unspecified atom stereocenters. The Kier molecular flexibility index (Phi) is 4.28. The number of rotatable bonds is 4. The minimum Gasteiger partial charge on any atom is -0.342 e. The van der Waals surface area contributed by atoms with E-state index in [1.165, 1.54) is 5.56 Å². The van der Waals surface area contributed by atoms with Crippen LogP contribution in [0.3, 0.4) is 0 Å². The zero-order valence-corrected chi connectivity index (χ0v) is 15.0. The molecule has 0 aliphatic carbocycles. The Labute approximate surface area is 151 Å². The van der Waals surface area contributed by atoms with Crippen LogP contribution in [0.5, 0.6) is 0 Å². The molecule has 3 heterocycles. The van der Waals surface area contributed by atoms with Crippen molar-refractivity contribution in [2.45, 2.75) is 33.1 Å². The van der Waals surface area contributed by atoms with E-state index in [2.05, 4.69) is 52.4 Å². The average molecular weight is 351 g/mol. The maximum absolute atomic E-state index is 12.2. The van der Waals surface area contributed by atoms with Gasteiger partial charge >= 0.3 is 0 Å². The second-order valence-electron chi connectivity index (χ2n) is 6.77. The number of amides is 1. The summed E-state index contributed by atoms with van der Waals surface area (Å²) in [7, 11) is 0. The van der Waals surface area contributed by atoms with Crippen LogP contribution < -0.4 is 0 Å². The van der Waals surface area contributed by atoms with Crippen molar-refractivity contribution in [2.24, 2.45) is 0 Å². The van der Waals surface area contributed by atoms with Crippen LogP contribution in [-0.4, -0.2) is 44.2 Å². The Balaban J connectivity index is 1.51. The Bertz CT molecular complexity index is 937. The maximum Gasteiger partial charge on any atom is 0.275 e. The lowest BCUT2D eigenvalue weighted by atomic mass is 10.0. The third-order valence-corrected chi connectivity index (χ3v) is 4.70. The van der Waals surface area contributed by atoms with Crippen LogP contribution in [0.25, 0.3) is 22.8 Å². The van der Waals surface area contributed by atoms with E-state index >= 15 is 0 Å². The molecule has 0 radical (unpaired) electrons. The molecule has 134 valence electrons. The fraction of sp³-hybridized carbons (Fsp3) is 0.368. The fourth-order valence-corrected chi connectivity index (χ4v) is 3.32. The average Bonchev–Trinajstić information content (AvgIpc) is 3.36. The van der Waals surface area contributed by atoms with Crippen LogP contribution in [0.15, 0.2) is 28.8 Å². The van der Waals surface area contributed by atoms with Gasteiger partial charge in [-0.15, -0.1) is 0 Å². The monoisotopic (exact) mass is 351 g/mol. The third-order valence-electron chi connectivity index (χ3n) is 4.70. The van der Waals surface area contributed by atoms with Crippen molar-refractivity contribution < 1.29 is 9.32 Å². The zero-order valence-electron chi connectivity index (χ0n) is 15.0. The molecule has 1 amide bonds. The van der Waals surface area contributed by atoms with Crippen LogP contribution in [-0.2, 0) is 11.2 Å². The Morgan fingerprint density at radius 2 is 2.04 bits per heavy atom. The first-order valence-corrected chi connectivity index (χ1v) is 8.84. The summed E-state index contributed by atoms with van der Waals surface area (Å²) >= 11 is 0. The van der Waals surface area contributed by atoms with Gasteiger partial charge in [-0.1, -0.05) is 28.9 Å². The van der Waals surface area contributed by atoms with Crippen molar-refractivity contribution in [2.75, 3.05) is 13.1 Å². The van der Waals surface area contributed by atoms with Gasteiger partial charge < -0.3 is 9.42 Å². The summed E-state index contributed by atoms with van der Waals surface area (Å²) in [6.07, 6.45) is 2.30. The maximum atomic E-state index is 12.2. The predicted octanol–water partition coefficient (Wildman–Crippen LogP) is 2.91. The Morgan fingerprint density at radius 1 is 1.23 bits per heavy atom. The number of hydrogen-bond donors (Lipinski definition) is 1. The smallest absolute Gasteiger partial charge is 0.275 e. The molecule has 1 aliphatic heterocycles. The van der Waals surface area contributed by atoms with Crippen LogP contribution in [0, 0.1) is 13.8 Å². The predicted molar refractivity (Wildman–Crippen MR) is 96.3 cm³/mol. The molecule has 1 saturated heterocycles. The molecule has 3 aromatic rings. The lowest BCUT2D eigenvalue weighted by molar-refractivity contribution is -0.129. The second-order valence-corrected chi connectivity index (χ2v) is 6.77. The second kappa shape index (κ2) is 6.74. The number of carbonyl (C=O) groups excluding carboxylic acids is 1. The minimum atomic E-state index is 0.0513. The number of hydrogen-bond acceptors (Lipinski definition) is 5. The van der Waals surface area contributed by atoms with Gasteiger partial charge in [-0.3, -0.25) is 9.89 Å². The van der Waals surface area contributed by atoms with Gasteiger partial charge in [0.2, 0.25) is 5.91 Å². The number of aromatic nitrogens is 4. The summed E-state index contributed by atoms with van der Waals surface area (Å²) < 4.78 is 5.31. The number of likely N-dealkylation sites (tertiary alicyclic amines) is 1. The third kappa shape index (κ3) is 3.24. The Hall–Kier alpha value is -2.96. The number of aromatic amines is 1.